The van der Waals surface area contributed by atoms with Gasteiger partial charge in [-0.1, -0.05) is 35.9 Å². The molecule has 0 aliphatic rings. The van der Waals surface area contributed by atoms with Crippen molar-refractivity contribution in [3.8, 4) is 6.07 Å². The van der Waals surface area contributed by atoms with Crippen LogP contribution in [0.4, 0.5) is 5.69 Å². The minimum Gasteiger partial charge on any atom is -0.452 e. The molecule has 0 spiro atoms. The Morgan fingerprint density at radius 2 is 1.68 bits per heavy atom. The van der Waals surface area contributed by atoms with E-state index in [9.17, 15) is 9.59 Å². The number of aryl methyl sites for hydroxylation is 3. The van der Waals surface area contributed by atoms with Crippen LogP contribution in [-0.2, 0) is 9.53 Å². The maximum atomic E-state index is 12.4. The summed E-state index contributed by atoms with van der Waals surface area (Å²) in [7, 11) is 0. The summed E-state index contributed by atoms with van der Waals surface area (Å²) in [5.74, 6) is -0.975. The number of carbonyl (C=O) groups excluding carboxylic acids is 2. The number of hydrogen-bond acceptors (Lipinski definition) is 4. The van der Waals surface area contributed by atoms with Gasteiger partial charge in [-0.2, -0.15) is 5.26 Å². The van der Waals surface area contributed by atoms with E-state index >= 15 is 0 Å². The molecule has 0 bridgehead atoms. The SMILES string of the molecule is Cc1cc(C)c(C(=O)OCC(=O)N(CC#N)c2ccccc2)c(C)c1. The summed E-state index contributed by atoms with van der Waals surface area (Å²) >= 11 is 0. The van der Waals surface area contributed by atoms with Crippen LogP contribution in [0.2, 0.25) is 0 Å². The number of rotatable bonds is 5. The van der Waals surface area contributed by atoms with Gasteiger partial charge in [0.2, 0.25) is 0 Å². The van der Waals surface area contributed by atoms with Crippen molar-refractivity contribution in [2.45, 2.75) is 20.8 Å². The lowest BCUT2D eigenvalue weighted by molar-refractivity contribution is -0.121. The Kier molecular flexibility index (Phi) is 5.91. The topological polar surface area (TPSA) is 70.4 Å². The zero-order chi connectivity index (χ0) is 18.4. The molecule has 25 heavy (non-hydrogen) atoms. The lowest BCUT2D eigenvalue weighted by Gasteiger charge is -2.19. The number of anilines is 1. The molecule has 0 saturated heterocycles. The number of benzene rings is 2. The Morgan fingerprint density at radius 1 is 1.08 bits per heavy atom. The van der Waals surface area contributed by atoms with Crippen LogP contribution in [0.5, 0.6) is 0 Å². The summed E-state index contributed by atoms with van der Waals surface area (Å²) in [6.07, 6.45) is 0. The molecule has 0 atom stereocenters. The van der Waals surface area contributed by atoms with E-state index in [0.717, 1.165) is 16.7 Å². The van der Waals surface area contributed by atoms with Gasteiger partial charge in [-0.25, -0.2) is 4.79 Å². The van der Waals surface area contributed by atoms with Crippen molar-refractivity contribution in [3.05, 3.63) is 64.7 Å². The monoisotopic (exact) mass is 336 g/mol. The van der Waals surface area contributed by atoms with E-state index in [1.165, 1.54) is 4.90 Å². The van der Waals surface area contributed by atoms with Crippen molar-refractivity contribution < 1.29 is 14.3 Å². The number of amides is 1. The Labute approximate surface area is 147 Å². The number of hydrogen-bond donors (Lipinski definition) is 0. The Morgan fingerprint density at radius 3 is 2.24 bits per heavy atom. The quantitative estimate of drug-likeness (QED) is 0.620. The van der Waals surface area contributed by atoms with Gasteiger partial charge in [0, 0.05) is 5.69 Å². The molecule has 0 unspecified atom stereocenters. The molecular formula is C20H20N2O3. The minimum atomic E-state index is -0.534. The number of nitrogens with zero attached hydrogens (tertiary/aromatic N) is 2. The van der Waals surface area contributed by atoms with Crippen molar-refractivity contribution in [2.75, 3.05) is 18.1 Å². The summed E-state index contributed by atoms with van der Waals surface area (Å²) in [4.78, 5) is 26.0. The first-order valence-electron chi connectivity index (χ1n) is 7.91. The zero-order valence-corrected chi connectivity index (χ0v) is 14.6. The third-order valence-electron chi connectivity index (χ3n) is 3.81. The maximum Gasteiger partial charge on any atom is 0.339 e. The van der Waals surface area contributed by atoms with E-state index in [4.69, 9.17) is 10.00 Å². The highest BCUT2D eigenvalue weighted by atomic mass is 16.5. The zero-order valence-electron chi connectivity index (χ0n) is 14.6. The summed E-state index contributed by atoms with van der Waals surface area (Å²) in [6.45, 7) is 5.11. The molecule has 5 heteroatoms. The van der Waals surface area contributed by atoms with Crippen molar-refractivity contribution in [1.82, 2.24) is 0 Å². The number of ether oxygens (including phenoxy) is 1. The normalized spacial score (nSPS) is 10.0. The highest BCUT2D eigenvalue weighted by molar-refractivity contribution is 5.98. The van der Waals surface area contributed by atoms with Crippen LogP contribution in [-0.4, -0.2) is 25.0 Å². The van der Waals surface area contributed by atoms with Gasteiger partial charge in [-0.3, -0.25) is 9.69 Å². The van der Waals surface area contributed by atoms with Gasteiger partial charge < -0.3 is 4.74 Å². The van der Waals surface area contributed by atoms with E-state index in [1.807, 2.05) is 45.0 Å². The van der Waals surface area contributed by atoms with Crippen molar-refractivity contribution in [3.63, 3.8) is 0 Å². The lowest BCUT2D eigenvalue weighted by atomic mass is 10.00. The second kappa shape index (κ2) is 8.11. The molecule has 0 aromatic heterocycles. The number of carbonyl (C=O) groups is 2. The largest absolute Gasteiger partial charge is 0.452 e. The molecule has 0 N–H and O–H groups in total. The first-order chi connectivity index (χ1) is 11.9. The third-order valence-corrected chi connectivity index (χ3v) is 3.81. The minimum absolute atomic E-state index is 0.108. The second-order valence-electron chi connectivity index (χ2n) is 5.82. The van der Waals surface area contributed by atoms with Crippen LogP contribution in [0.3, 0.4) is 0 Å². The number of para-hydroxylation sites is 1. The third kappa shape index (κ3) is 4.45. The van der Waals surface area contributed by atoms with Gasteiger partial charge >= 0.3 is 5.97 Å². The van der Waals surface area contributed by atoms with Crippen molar-refractivity contribution in [1.29, 1.82) is 5.26 Å². The van der Waals surface area contributed by atoms with Crippen LogP contribution in [0.15, 0.2) is 42.5 Å². The van der Waals surface area contributed by atoms with Gasteiger partial charge in [0.05, 0.1) is 11.6 Å². The molecule has 1 amide bonds. The van der Waals surface area contributed by atoms with E-state index in [1.54, 1.807) is 24.3 Å². The molecule has 0 heterocycles. The van der Waals surface area contributed by atoms with Crippen LogP contribution in [0.25, 0.3) is 0 Å². The Balaban J connectivity index is 2.11. The van der Waals surface area contributed by atoms with E-state index in [-0.39, 0.29) is 6.54 Å². The van der Waals surface area contributed by atoms with Gasteiger partial charge in [0.25, 0.3) is 5.91 Å². The highest BCUT2D eigenvalue weighted by Crippen LogP contribution is 2.18. The van der Waals surface area contributed by atoms with Gasteiger partial charge in [-0.05, 0) is 44.0 Å². The average molecular weight is 336 g/mol. The van der Waals surface area contributed by atoms with E-state index < -0.39 is 18.5 Å². The smallest absolute Gasteiger partial charge is 0.339 e. The van der Waals surface area contributed by atoms with Crippen LogP contribution in [0, 0.1) is 32.1 Å². The lowest BCUT2D eigenvalue weighted by Crippen LogP contribution is -2.35. The Bertz CT molecular complexity index is 800. The molecular weight excluding hydrogens is 316 g/mol. The highest BCUT2D eigenvalue weighted by Gasteiger charge is 2.20. The number of nitriles is 1. The summed E-state index contributed by atoms with van der Waals surface area (Å²) in [5.41, 5.74) is 3.75. The fourth-order valence-corrected chi connectivity index (χ4v) is 2.78. The van der Waals surface area contributed by atoms with Gasteiger partial charge in [0.15, 0.2) is 6.61 Å². The molecule has 0 fully saturated rings. The number of esters is 1. The average Bonchev–Trinajstić information content (AvgIpc) is 2.57. The standard InChI is InChI=1S/C20H20N2O3/c1-14-11-15(2)19(16(3)12-14)20(24)25-13-18(23)22(10-9-21)17-7-5-4-6-8-17/h4-8,11-12H,10,13H2,1-3H3. The maximum absolute atomic E-state index is 12.4. The first-order valence-corrected chi connectivity index (χ1v) is 7.91. The molecule has 128 valence electrons. The fourth-order valence-electron chi connectivity index (χ4n) is 2.78. The molecule has 2 aromatic rings. The van der Waals surface area contributed by atoms with Crippen LogP contribution in [0.1, 0.15) is 27.0 Å². The van der Waals surface area contributed by atoms with Crippen molar-refractivity contribution >= 4 is 17.6 Å². The molecule has 0 saturated carbocycles. The summed E-state index contributed by atoms with van der Waals surface area (Å²) < 4.78 is 5.20. The molecule has 0 radical (unpaired) electrons. The summed E-state index contributed by atoms with van der Waals surface area (Å²) in [6, 6.07) is 14.6. The predicted molar refractivity (Wildman–Crippen MR) is 95.3 cm³/mol. The second-order valence-corrected chi connectivity index (χ2v) is 5.82. The Hall–Kier alpha value is -3.13. The van der Waals surface area contributed by atoms with Crippen LogP contribution < -0.4 is 4.90 Å². The van der Waals surface area contributed by atoms with Crippen molar-refractivity contribution in [2.24, 2.45) is 0 Å². The van der Waals surface area contributed by atoms with E-state index in [0.29, 0.717) is 11.3 Å². The predicted octanol–water partition coefficient (Wildman–Crippen LogP) is 3.33. The van der Waals surface area contributed by atoms with Gasteiger partial charge in [0.1, 0.15) is 6.54 Å². The van der Waals surface area contributed by atoms with E-state index in [2.05, 4.69) is 0 Å². The molecule has 0 aliphatic carbocycles. The molecule has 2 rings (SSSR count). The fraction of sp³-hybridized carbons (Fsp3) is 0.250. The van der Waals surface area contributed by atoms with Gasteiger partial charge in [-0.15, -0.1) is 0 Å². The van der Waals surface area contributed by atoms with Crippen LogP contribution >= 0.6 is 0 Å². The molecule has 5 nitrogen and oxygen atoms in total. The molecule has 0 aliphatic heterocycles. The molecule has 2 aromatic carbocycles. The summed E-state index contributed by atoms with van der Waals surface area (Å²) in [5, 5.41) is 8.95. The first kappa shape index (κ1) is 18.2.